The van der Waals surface area contributed by atoms with Gasteiger partial charge in [0, 0.05) is 43.5 Å². The second-order valence-corrected chi connectivity index (χ2v) is 11.1. The van der Waals surface area contributed by atoms with E-state index in [4.69, 9.17) is 4.74 Å². The molecule has 2 aromatic carbocycles. The number of aryl methyl sites for hydroxylation is 1. The minimum absolute atomic E-state index is 0.151. The Morgan fingerprint density at radius 3 is 2.60 bits per heavy atom. The standard InChI is InChI=1S/C31H34N8O3/c1-21-8-9-24(33-29(41)22-6-5-7-23(16-22)31(2,3)20-32)17-26(21)42-25-10-11-27-34-30(36-39(27)18-25)35-28(40)19-38-14-12-37(4)13-15-38/h5-11,16-18H,12-15,19H2,1-4H3,(H,33,41)(H,35,36,40). The van der Waals surface area contributed by atoms with E-state index in [1.807, 2.05) is 32.9 Å². The summed E-state index contributed by atoms with van der Waals surface area (Å²) in [6, 6.07) is 18.3. The van der Waals surface area contributed by atoms with Crippen LogP contribution in [0.25, 0.3) is 5.65 Å². The average molecular weight is 567 g/mol. The Labute approximate surface area is 244 Å². The monoisotopic (exact) mass is 566 g/mol. The van der Waals surface area contributed by atoms with E-state index in [0.717, 1.165) is 37.3 Å². The van der Waals surface area contributed by atoms with Crippen LogP contribution in [0.5, 0.6) is 11.5 Å². The quantitative estimate of drug-likeness (QED) is 0.327. The molecule has 0 spiro atoms. The van der Waals surface area contributed by atoms with E-state index in [-0.39, 0.29) is 17.8 Å². The van der Waals surface area contributed by atoms with Crippen molar-refractivity contribution in [1.82, 2.24) is 24.4 Å². The first-order valence-electron chi connectivity index (χ1n) is 13.8. The second-order valence-electron chi connectivity index (χ2n) is 11.1. The topological polar surface area (TPSA) is 128 Å². The number of benzene rings is 2. The summed E-state index contributed by atoms with van der Waals surface area (Å²) in [5.41, 5.74) is 2.54. The molecule has 11 heteroatoms. The summed E-state index contributed by atoms with van der Waals surface area (Å²) >= 11 is 0. The van der Waals surface area contributed by atoms with Gasteiger partial charge in [-0.05, 0) is 69.3 Å². The summed E-state index contributed by atoms with van der Waals surface area (Å²) in [4.78, 5) is 34.3. The molecule has 0 bridgehead atoms. The highest BCUT2D eigenvalue weighted by Gasteiger charge is 2.21. The first-order chi connectivity index (χ1) is 20.1. The molecule has 2 aromatic heterocycles. The zero-order valence-electron chi connectivity index (χ0n) is 24.2. The lowest BCUT2D eigenvalue weighted by Crippen LogP contribution is -2.47. The van der Waals surface area contributed by atoms with Gasteiger partial charge >= 0.3 is 0 Å². The minimum Gasteiger partial charge on any atom is -0.455 e. The number of anilines is 2. The lowest BCUT2D eigenvalue weighted by Gasteiger charge is -2.31. The number of piperazine rings is 1. The van der Waals surface area contributed by atoms with Crippen LogP contribution in [0.1, 0.15) is 35.3 Å². The molecular weight excluding hydrogens is 532 g/mol. The molecule has 0 unspecified atom stereocenters. The number of ether oxygens (including phenoxy) is 1. The van der Waals surface area contributed by atoms with Crippen LogP contribution >= 0.6 is 0 Å². The van der Waals surface area contributed by atoms with Gasteiger partial charge < -0.3 is 15.0 Å². The lowest BCUT2D eigenvalue weighted by atomic mass is 9.85. The summed E-state index contributed by atoms with van der Waals surface area (Å²) in [7, 11) is 2.08. The number of carbonyl (C=O) groups excluding carboxylic acids is 2. The maximum absolute atomic E-state index is 13.0. The molecule has 11 nitrogen and oxygen atoms in total. The fourth-order valence-electron chi connectivity index (χ4n) is 4.58. The maximum Gasteiger partial charge on any atom is 0.255 e. The highest BCUT2D eigenvalue weighted by Crippen LogP contribution is 2.29. The van der Waals surface area contributed by atoms with Crippen LogP contribution in [0.2, 0.25) is 0 Å². The highest BCUT2D eigenvalue weighted by atomic mass is 16.5. The Morgan fingerprint density at radius 2 is 1.83 bits per heavy atom. The average Bonchev–Trinajstić information content (AvgIpc) is 3.37. The molecule has 0 saturated carbocycles. The third kappa shape index (κ3) is 6.74. The Bertz CT molecular complexity index is 1660. The predicted octanol–water partition coefficient (Wildman–Crippen LogP) is 4.07. The number of fused-ring (bicyclic) bond motifs is 1. The van der Waals surface area contributed by atoms with Gasteiger partial charge in [0.25, 0.3) is 5.91 Å². The summed E-state index contributed by atoms with van der Waals surface area (Å²) in [5, 5.41) is 19.5. The molecule has 1 fully saturated rings. The van der Waals surface area contributed by atoms with Gasteiger partial charge in [-0.1, -0.05) is 18.2 Å². The number of hydrogen-bond donors (Lipinski definition) is 2. The van der Waals surface area contributed by atoms with Crippen molar-refractivity contribution < 1.29 is 14.3 Å². The number of nitrogens with zero attached hydrogens (tertiary/aromatic N) is 6. The van der Waals surface area contributed by atoms with E-state index < -0.39 is 5.41 Å². The smallest absolute Gasteiger partial charge is 0.255 e. The molecule has 3 heterocycles. The number of likely N-dealkylation sites (N-methyl/N-ethyl adjacent to an activating group) is 1. The molecule has 2 amide bonds. The normalized spacial score (nSPS) is 14.4. The Kier molecular flexibility index (Phi) is 8.20. The van der Waals surface area contributed by atoms with Gasteiger partial charge in [0.15, 0.2) is 5.65 Å². The molecular formula is C31H34N8O3. The van der Waals surface area contributed by atoms with E-state index in [1.54, 1.807) is 53.2 Å². The molecule has 1 aliphatic heterocycles. The summed E-state index contributed by atoms with van der Waals surface area (Å²) < 4.78 is 7.70. The molecule has 1 saturated heterocycles. The number of amides is 2. The zero-order valence-corrected chi connectivity index (χ0v) is 24.2. The first kappa shape index (κ1) is 28.7. The number of rotatable bonds is 8. The number of hydrogen-bond acceptors (Lipinski definition) is 8. The van der Waals surface area contributed by atoms with Crippen LogP contribution in [0.3, 0.4) is 0 Å². The van der Waals surface area contributed by atoms with E-state index in [9.17, 15) is 14.9 Å². The van der Waals surface area contributed by atoms with Crippen LogP contribution in [-0.2, 0) is 10.2 Å². The fraction of sp³-hybridized carbons (Fsp3) is 0.323. The number of aromatic nitrogens is 3. The number of pyridine rings is 1. The third-order valence-corrected chi connectivity index (χ3v) is 7.32. The molecule has 42 heavy (non-hydrogen) atoms. The van der Waals surface area contributed by atoms with Gasteiger partial charge in [0.2, 0.25) is 11.9 Å². The van der Waals surface area contributed by atoms with Crippen LogP contribution < -0.4 is 15.4 Å². The molecule has 1 aliphatic rings. The molecule has 216 valence electrons. The van der Waals surface area contributed by atoms with Gasteiger partial charge in [0.1, 0.15) is 11.5 Å². The number of nitrogens with one attached hydrogen (secondary N) is 2. The first-order valence-corrected chi connectivity index (χ1v) is 13.8. The van der Waals surface area contributed by atoms with Gasteiger partial charge in [-0.3, -0.25) is 19.8 Å². The molecule has 0 aliphatic carbocycles. The van der Waals surface area contributed by atoms with Gasteiger partial charge in [-0.15, -0.1) is 5.10 Å². The van der Waals surface area contributed by atoms with Crippen molar-refractivity contribution in [1.29, 1.82) is 5.26 Å². The third-order valence-electron chi connectivity index (χ3n) is 7.32. The van der Waals surface area contributed by atoms with Crippen molar-refractivity contribution in [3.8, 4) is 17.6 Å². The predicted molar refractivity (Wildman–Crippen MR) is 160 cm³/mol. The van der Waals surface area contributed by atoms with Crippen molar-refractivity contribution in [2.24, 2.45) is 0 Å². The summed E-state index contributed by atoms with van der Waals surface area (Å²) in [5.74, 6) is 0.871. The minimum atomic E-state index is -0.705. The highest BCUT2D eigenvalue weighted by molar-refractivity contribution is 6.04. The maximum atomic E-state index is 13.0. The van der Waals surface area contributed by atoms with Crippen LogP contribution in [0, 0.1) is 18.3 Å². The fourth-order valence-corrected chi connectivity index (χ4v) is 4.58. The molecule has 0 radical (unpaired) electrons. The van der Waals surface area contributed by atoms with E-state index in [1.165, 1.54) is 0 Å². The van der Waals surface area contributed by atoms with Crippen molar-refractivity contribution in [3.63, 3.8) is 0 Å². The van der Waals surface area contributed by atoms with Crippen LogP contribution in [0.4, 0.5) is 11.6 Å². The van der Waals surface area contributed by atoms with Gasteiger partial charge in [-0.25, -0.2) is 4.52 Å². The number of carbonyl (C=O) groups is 2. The van der Waals surface area contributed by atoms with Crippen molar-refractivity contribution >= 4 is 29.1 Å². The zero-order chi connectivity index (χ0) is 29.9. The van der Waals surface area contributed by atoms with E-state index in [2.05, 4.69) is 43.6 Å². The van der Waals surface area contributed by atoms with Crippen LogP contribution in [-0.4, -0.2) is 76.0 Å². The van der Waals surface area contributed by atoms with Crippen LogP contribution in [0.15, 0.2) is 60.8 Å². The largest absolute Gasteiger partial charge is 0.455 e. The molecule has 5 rings (SSSR count). The summed E-state index contributed by atoms with van der Waals surface area (Å²) in [6.07, 6.45) is 1.69. The number of nitriles is 1. The van der Waals surface area contributed by atoms with Gasteiger partial charge in [0.05, 0.1) is 24.2 Å². The van der Waals surface area contributed by atoms with E-state index in [0.29, 0.717) is 34.9 Å². The van der Waals surface area contributed by atoms with Crippen molar-refractivity contribution in [2.45, 2.75) is 26.2 Å². The lowest BCUT2D eigenvalue weighted by molar-refractivity contribution is -0.117. The molecule has 4 aromatic rings. The molecule has 2 N–H and O–H groups in total. The van der Waals surface area contributed by atoms with Crippen molar-refractivity contribution in [2.75, 3.05) is 50.4 Å². The Balaban J connectivity index is 1.25. The SMILES string of the molecule is Cc1ccc(NC(=O)c2cccc(C(C)(C)C#N)c2)cc1Oc1ccc2nc(NC(=O)CN3CCN(C)CC3)nn2c1. The molecule has 0 atom stereocenters. The van der Waals surface area contributed by atoms with Gasteiger partial charge in [-0.2, -0.15) is 10.2 Å². The summed E-state index contributed by atoms with van der Waals surface area (Å²) in [6.45, 7) is 9.42. The Hall–Kier alpha value is -4.79. The second kappa shape index (κ2) is 12.0. The van der Waals surface area contributed by atoms with E-state index >= 15 is 0 Å². The van der Waals surface area contributed by atoms with Crippen molar-refractivity contribution in [3.05, 3.63) is 77.5 Å². The Morgan fingerprint density at radius 1 is 1.05 bits per heavy atom.